The molecule has 2 aromatic rings. The van der Waals surface area contributed by atoms with E-state index in [1.54, 1.807) is 0 Å². The molecule has 19 heavy (non-hydrogen) atoms. The standard InChI is InChI=1S/C17H21NO/c1-2-14-8-6-7-11-16(14)18-13-12-17(19)15-9-4-3-5-10-15/h3-11,17-19H,2,12-13H2,1H3. The molecule has 1 atom stereocenters. The number of para-hydroxylation sites is 1. The van der Waals surface area contributed by atoms with Crippen molar-refractivity contribution in [1.29, 1.82) is 0 Å². The molecule has 0 fully saturated rings. The number of aliphatic hydroxyl groups is 1. The van der Waals surface area contributed by atoms with Gasteiger partial charge in [0.25, 0.3) is 0 Å². The minimum Gasteiger partial charge on any atom is -0.388 e. The molecule has 0 heterocycles. The van der Waals surface area contributed by atoms with Crippen LogP contribution in [0.5, 0.6) is 0 Å². The summed E-state index contributed by atoms with van der Waals surface area (Å²) in [6.07, 6.45) is 1.33. The van der Waals surface area contributed by atoms with Crippen LogP contribution in [0.25, 0.3) is 0 Å². The summed E-state index contributed by atoms with van der Waals surface area (Å²) in [5, 5.41) is 13.5. The third-order valence-electron chi connectivity index (χ3n) is 3.32. The zero-order valence-corrected chi connectivity index (χ0v) is 11.3. The minimum absolute atomic E-state index is 0.400. The largest absolute Gasteiger partial charge is 0.388 e. The maximum absolute atomic E-state index is 10.1. The predicted molar refractivity (Wildman–Crippen MR) is 80.3 cm³/mol. The van der Waals surface area contributed by atoms with E-state index in [1.165, 1.54) is 11.3 Å². The summed E-state index contributed by atoms with van der Waals surface area (Å²) in [7, 11) is 0. The monoisotopic (exact) mass is 255 g/mol. The molecule has 0 radical (unpaired) electrons. The van der Waals surface area contributed by atoms with Crippen LogP contribution in [-0.2, 0) is 6.42 Å². The molecule has 0 saturated carbocycles. The van der Waals surface area contributed by atoms with Crippen LogP contribution >= 0.6 is 0 Å². The van der Waals surface area contributed by atoms with Crippen LogP contribution in [0.2, 0.25) is 0 Å². The van der Waals surface area contributed by atoms with Crippen LogP contribution in [0.1, 0.15) is 30.6 Å². The summed E-state index contributed by atoms with van der Waals surface area (Å²) in [5.41, 5.74) is 3.47. The molecule has 0 saturated heterocycles. The van der Waals surface area contributed by atoms with E-state index in [-0.39, 0.29) is 0 Å². The highest BCUT2D eigenvalue weighted by atomic mass is 16.3. The van der Waals surface area contributed by atoms with Crippen LogP contribution in [0.3, 0.4) is 0 Å². The molecule has 100 valence electrons. The van der Waals surface area contributed by atoms with E-state index < -0.39 is 6.10 Å². The molecule has 0 aliphatic heterocycles. The molecule has 2 heteroatoms. The van der Waals surface area contributed by atoms with Crippen molar-refractivity contribution < 1.29 is 5.11 Å². The molecule has 0 aliphatic rings. The first-order chi connectivity index (χ1) is 9.31. The maximum Gasteiger partial charge on any atom is 0.0806 e. The Hall–Kier alpha value is -1.80. The Morgan fingerprint density at radius 3 is 2.42 bits per heavy atom. The zero-order chi connectivity index (χ0) is 13.5. The summed E-state index contributed by atoms with van der Waals surface area (Å²) in [4.78, 5) is 0. The van der Waals surface area contributed by atoms with Crippen molar-refractivity contribution in [3.63, 3.8) is 0 Å². The van der Waals surface area contributed by atoms with E-state index in [0.29, 0.717) is 6.42 Å². The van der Waals surface area contributed by atoms with Crippen LogP contribution in [0, 0.1) is 0 Å². The van der Waals surface area contributed by atoms with E-state index >= 15 is 0 Å². The number of anilines is 1. The lowest BCUT2D eigenvalue weighted by molar-refractivity contribution is 0.171. The molecule has 0 bridgehead atoms. The van der Waals surface area contributed by atoms with E-state index in [0.717, 1.165) is 18.5 Å². The van der Waals surface area contributed by atoms with Crippen LogP contribution in [0.4, 0.5) is 5.69 Å². The Bertz CT molecular complexity index is 496. The predicted octanol–water partition coefficient (Wildman–Crippen LogP) is 3.78. The number of rotatable bonds is 6. The molecule has 2 N–H and O–H groups in total. The highest BCUT2D eigenvalue weighted by molar-refractivity contribution is 5.50. The van der Waals surface area contributed by atoms with Gasteiger partial charge in [0.15, 0.2) is 0 Å². The fourth-order valence-electron chi connectivity index (χ4n) is 2.19. The number of aliphatic hydroxyl groups excluding tert-OH is 1. The second-order valence-corrected chi connectivity index (χ2v) is 4.65. The summed E-state index contributed by atoms with van der Waals surface area (Å²) in [6.45, 7) is 2.92. The number of benzene rings is 2. The second-order valence-electron chi connectivity index (χ2n) is 4.65. The quantitative estimate of drug-likeness (QED) is 0.823. The summed E-state index contributed by atoms with van der Waals surface area (Å²) in [6, 6.07) is 18.1. The van der Waals surface area contributed by atoms with Crippen molar-refractivity contribution in [3.05, 3.63) is 65.7 Å². The fourth-order valence-corrected chi connectivity index (χ4v) is 2.19. The van der Waals surface area contributed by atoms with E-state index in [4.69, 9.17) is 0 Å². The van der Waals surface area contributed by atoms with Gasteiger partial charge in [-0.05, 0) is 30.0 Å². The van der Waals surface area contributed by atoms with Crippen molar-refractivity contribution in [2.24, 2.45) is 0 Å². The Morgan fingerprint density at radius 2 is 1.68 bits per heavy atom. The minimum atomic E-state index is -0.400. The molecule has 0 amide bonds. The molecule has 0 aliphatic carbocycles. The molecule has 0 spiro atoms. The molecule has 2 aromatic carbocycles. The Morgan fingerprint density at radius 1 is 1.00 bits per heavy atom. The molecule has 0 aromatic heterocycles. The number of aryl methyl sites for hydroxylation is 1. The Kier molecular flexibility index (Phi) is 4.99. The van der Waals surface area contributed by atoms with Crippen LogP contribution < -0.4 is 5.32 Å². The highest BCUT2D eigenvalue weighted by Gasteiger charge is 2.06. The first-order valence-corrected chi connectivity index (χ1v) is 6.86. The van der Waals surface area contributed by atoms with E-state index in [1.807, 2.05) is 36.4 Å². The van der Waals surface area contributed by atoms with Gasteiger partial charge in [0, 0.05) is 12.2 Å². The molecule has 2 rings (SSSR count). The third kappa shape index (κ3) is 3.83. The third-order valence-corrected chi connectivity index (χ3v) is 3.32. The first kappa shape index (κ1) is 13.6. The average molecular weight is 255 g/mol. The van der Waals surface area contributed by atoms with Crippen molar-refractivity contribution >= 4 is 5.69 Å². The molecule has 1 unspecified atom stereocenters. The zero-order valence-electron chi connectivity index (χ0n) is 11.3. The second kappa shape index (κ2) is 6.95. The summed E-state index contributed by atoms with van der Waals surface area (Å²) in [5.74, 6) is 0. The van der Waals surface area contributed by atoms with Gasteiger partial charge >= 0.3 is 0 Å². The van der Waals surface area contributed by atoms with Crippen molar-refractivity contribution in [2.45, 2.75) is 25.9 Å². The number of nitrogens with one attached hydrogen (secondary N) is 1. The van der Waals surface area contributed by atoms with Crippen molar-refractivity contribution in [2.75, 3.05) is 11.9 Å². The average Bonchev–Trinajstić information content (AvgIpc) is 2.48. The topological polar surface area (TPSA) is 32.3 Å². The van der Waals surface area contributed by atoms with Gasteiger partial charge in [-0.1, -0.05) is 55.5 Å². The van der Waals surface area contributed by atoms with Crippen LogP contribution in [-0.4, -0.2) is 11.7 Å². The van der Waals surface area contributed by atoms with Crippen molar-refractivity contribution in [1.82, 2.24) is 0 Å². The van der Waals surface area contributed by atoms with Gasteiger partial charge < -0.3 is 10.4 Å². The van der Waals surface area contributed by atoms with Gasteiger partial charge in [0.05, 0.1) is 6.10 Å². The van der Waals surface area contributed by atoms with Gasteiger partial charge in [-0.3, -0.25) is 0 Å². The van der Waals surface area contributed by atoms with Gasteiger partial charge in [0.2, 0.25) is 0 Å². The Balaban J connectivity index is 1.87. The summed E-state index contributed by atoms with van der Waals surface area (Å²) >= 11 is 0. The lowest BCUT2D eigenvalue weighted by Gasteiger charge is -2.14. The molecule has 2 nitrogen and oxygen atoms in total. The van der Waals surface area contributed by atoms with Gasteiger partial charge in [-0.25, -0.2) is 0 Å². The highest BCUT2D eigenvalue weighted by Crippen LogP contribution is 2.18. The van der Waals surface area contributed by atoms with Crippen molar-refractivity contribution in [3.8, 4) is 0 Å². The van der Waals surface area contributed by atoms with Gasteiger partial charge in [-0.2, -0.15) is 0 Å². The van der Waals surface area contributed by atoms with Gasteiger partial charge in [0.1, 0.15) is 0 Å². The van der Waals surface area contributed by atoms with Gasteiger partial charge in [-0.15, -0.1) is 0 Å². The number of hydrogen-bond donors (Lipinski definition) is 2. The lowest BCUT2D eigenvalue weighted by Crippen LogP contribution is -2.08. The molecular formula is C17H21NO. The first-order valence-electron chi connectivity index (χ1n) is 6.86. The number of hydrogen-bond acceptors (Lipinski definition) is 2. The summed E-state index contributed by atoms with van der Waals surface area (Å²) < 4.78 is 0. The SMILES string of the molecule is CCc1ccccc1NCCC(O)c1ccccc1. The van der Waals surface area contributed by atoms with E-state index in [9.17, 15) is 5.11 Å². The lowest BCUT2D eigenvalue weighted by atomic mass is 10.1. The Labute approximate surface area is 115 Å². The fraction of sp³-hybridized carbons (Fsp3) is 0.294. The smallest absolute Gasteiger partial charge is 0.0806 e. The van der Waals surface area contributed by atoms with E-state index in [2.05, 4.69) is 30.4 Å². The normalized spacial score (nSPS) is 12.1. The molecular weight excluding hydrogens is 234 g/mol. The van der Waals surface area contributed by atoms with Crippen LogP contribution in [0.15, 0.2) is 54.6 Å². The maximum atomic E-state index is 10.1.